The maximum atomic E-state index is 10.4. The molecule has 0 radical (unpaired) electrons. The van der Waals surface area contributed by atoms with Crippen LogP contribution in [-0.4, -0.2) is 12.2 Å². The van der Waals surface area contributed by atoms with Crippen molar-refractivity contribution < 1.29 is 9.84 Å². The molecule has 0 aliphatic heterocycles. The first-order valence-electron chi connectivity index (χ1n) is 6.59. The molecule has 106 valence electrons. The average Bonchev–Trinajstić information content (AvgIpc) is 2.42. The second-order valence-corrected chi connectivity index (χ2v) is 5.88. The van der Waals surface area contributed by atoms with Gasteiger partial charge in [0.25, 0.3) is 0 Å². The average molecular weight is 335 g/mol. The Balaban J connectivity index is 2.19. The Morgan fingerprint density at radius 1 is 1.10 bits per heavy atom. The third-order valence-electron chi connectivity index (χ3n) is 3.57. The zero-order valence-corrected chi connectivity index (χ0v) is 13.6. The fraction of sp³-hybridized carbons (Fsp3) is 0.294. The number of hydrogen-bond donors (Lipinski definition) is 1. The van der Waals surface area contributed by atoms with Gasteiger partial charge in [-0.15, -0.1) is 0 Å². The topological polar surface area (TPSA) is 29.5 Å². The van der Waals surface area contributed by atoms with Crippen LogP contribution in [-0.2, 0) is 6.42 Å². The van der Waals surface area contributed by atoms with E-state index in [4.69, 9.17) is 4.74 Å². The maximum Gasteiger partial charge on any atom is 0.120 e. The van der Waals surface area contributed by atoms with Gasteiger partial charge in [-0.3, -0.25) is 0 Å². The Morgan fingerprint density at radius 3 is 2.45 bits per heavy atom. The molecule has 2 rings (SSSR count). The van der Waals surface area contributed by atoms with Crippen LogP contribution >= 0.6 is 15.9 Å². The summed E-state index contributed by atoms with van der Waals surface area (Å²) in [5.74, 6) is 0.777. The van der Waals surface area contributed by atoms with Gasteiger partial charge in [0.2, 0.25) is 0 Å². The Morgan fingerprint density at radius 2 is 1.85 bits per heavy atom. The summed E-state index contributed by atoms with van der Waals surface area (Å²) < 4.78 is 6.03. The minimum atomic E-state index is -0.530. The SMILES string of the molecule is COc1ccc(C(O)Cc2ccc(C)c(C)c2)c(Br)c1. The highest BCUT2D eigenvalue weighted by Crippen LogP contribution is 2.29. The molecule has 2 nitrogen and oxygen atoms in total. The van der Waals surface area contributed by atoms with Gasteiger partial charge in [0.05, 0.1) is 13.2 Å². The molecular weight excluding hydrogens is 316 g/mol. The van der Waals surface area contributed by atoms with Gasteiger partial charge in [0.1, 0.15) is 5.75 Å². The minimum absolute atomic E-state index is 0.530. The van der Waals surface area contributed by atoms with Gasteiger partial charge in [-0.1, -0.05) is 40.2 Å². The van der Waals surface area contributed by atoms with Crippen molar-refractivity contribution >= 4 is 15.9 Å². The molecule has 1 atom stereocenters. The molecular formula is C17H19BrO2. The highest BCUT2D eigenvalue weighted by atomic mass is 79.9. The molecule has 1 N–H and O–H groups in total. The summed E-state index contributed by atoms with van der Waals surface area (Å²) in [7, 11) is 1.63. The first kappa shape index (κ1) is 15.1. The summed E-state index contributed by atoms with van der Waals surface area (Å²) in [5, 5.41) is 10.4. The largest absolute Gasteiger partial charge is 0.497 e. The van der Waals surface area contributed by atoms with Crippen molar-refractivity contribution in [1.29, 1.82) is 0 Å². The molecule has 0 fully saturated rings. The summed E-state index contributed by atoms with van der Waals surface area (Å²) >= 11 is 3.49. The summed E-state index contributed by atoms with van der Waals surface area (Å²) in [4.78, 5) is 0. The van der Waals surface area contributed by atoms with Gasteiger partial charge in [0.15, 0.2) is 0 Å². The molecule has 0 heterocycles. The number of halogens is 1. The molecule has 2 aromatic carbocycles. The van der Waals surface area contributed by atoms with Crippen molar-refractivity contribution in [1.82, 2.24) is 0 Å². The first-order valence-corrected chi connectivity index (χ1v) is 7.38. The van der Waals surface area contributed by atoms with Crippen LogP contribution < -0.4 is 4.74 Å². The predicted octanol–water partition coefficient (Wildman–Crippen LogP) is 4.35. The van der Waals surface area contributed by atoms with E-state index in [0.717, 1.165) is 21.3 Å². The van der Waals surface area contributed by atoms with E-state index in [1.54, 1.807) is 7.11 Å². The molecule has 0 saturated heterocycles. The third kappa shape index (κ3) is 3.41. The second kappa shape index (κ2) is 6.42. The van der Waals surface area contributed by atoms with E-state index in [1.807, 2.05) is 18.2 Å². The second-order valence-electron chi connectivity index (χ2n) is 5.03. The molecule has 2 aromatic rings. The van der Waals surface area contributed by atoms with Crippen LogP contribution in [0.3, 0.4) is 0 Å². The zero-order valence-electron chi connectivity index (χ0n) is 12.0. The van der Waals surface area contributed by atoms with Crippen molar-refractivity contribution in [2.24, 2.45) is 0 Å². The number of benzene rings is 2. The standard InChI is InChI=1S/C17H19BrO2/c1-11-4-5-13(8-12(11)2)9-17(19)15-7-6-14(20-3)10-16(15)18/h4-8,10,17,19H,9H2,1-3H3. The van der Waals surface area contributed by atoms with Crippen molar-refractivity contribution in [3.8, 4) is 5.75 Å². The van der Waals surface area contributed by atoms with Crippen molar-refractivity contribution in [2.45, 2.75) is 26.4 Å². The Bertz CT molecular complexity index is 608. The number of rotatable bonds is 4. The van der Waals surface area contributed by atoms with Crippen molar-refractivity contribution in [3.63, 3.8) is 0 Å². The van der Waals surface area contributed by atoms with Gasteiger partial charge in [-0.05, 0) is 48.2 Å². The fourth-order valence-electron chi connectivity index (χ4n) is 2.17. The van der Waals surface area contributed by atoms with E-state index in [9.17, 15) is 5.11 Å². The van der Waals surface area contributed by atoms with Crippen LogP contribution in [0.2, 0.25) is 0 Å². The molecule has 0 aromatic heterocycles. The Kier molecular flexibility index (Phi) is 4.84. The van der Waals surface area contributed by atoms with Crippen molar-refractivity contribution in [3.05, 3.63) is 63.1 Å². The summed E-state index contributed by atoms with van der Waals surface area (Å²) in [6.07, 6.45) is 0.0730. The lowest BCUT2D eigenvalue weighted by molar-refractivity contribution is 0.177. The number of hydrogen-bond acceptors (Lipinski definition) is 2. The Labute approximate surface area is 128 Å². The highest BCUT2D eigenvalue weighted by molar-refractivity contribution is 9.10. The third-order valence-corrected chi connectivity index (χ3v) is 4.25. The van der Waals surface area contributed by atoms with E-state index >= 15 is 0 Å². The number of aliphatic hydroxyl groups excluding tert-OH is 1. The van der Waals surface area contributed by atoms with Crippen LogP contribution in [0.15, 0.2) is 40.9 Å². The molecule has 0 bridgehead atoms. The van der Waals surface area contributed by atoms with Crippen molar-refractivity contribution in [2.75, 3.05) is 7.11 Å². The van der Waals surface area contributed by atoms with E-state index in [1.165, 1.54) is 11.1 Å². The predicted molar refractivity (Wildman–Crippen MR) is 85.3 cm³/mol. The van der Waals surface area contributed by atoms with Gasteiger partial charge in [-0.2, -0.15) is 0 Å². The quantitative estimate of drug-likeness (QED) is 0.900. The molecule has 20 heavy (non-hydrogen) atoms. The lowest BCUT2D eigenvalue weighted by atomic mass is 9.98. The lowest BCUT2D eigenvalue weighted by Crippen LogP contribution is -2.03. The molecule has 0 amide bonds. The molecule has 0 aliphatic rings. The number of aryl methyl sites for hydroxylation is 2. The Hall–Kier alpha value is -1.32. The van der Waals surface area contributed by atoms with Crippen LogP contribution in [0.1, 0.15) is 28.4 Å². The normalized spacial score (nSPS) is 12.2. The highest BCUT2D eigenvalue weighted by Gasteiger charge is 2.13. The smallest absolute Gasteiger partial charge is 0.120 e. The van der Waals surface area contributed by atoms with E-state index in [0.29, 0.717) is 6.42 Å². The van der Waals surface area contributed by atoms with Gasteiger partial charge in [-0.25, -0.2) is 0 Å². The van der Waals surface area contributed by atoms with Gasteiger partial charge >= 0.3 is 0 Å². The minimum Gasteiger partial charge on any atom is -0.497 e. The summed E-state index contributed by atoms with van der Waals surface area (Å²) in [6.45, 7) is 4.18. The summed E-state index contributed by atoms with van der Waals surface area (Å²) in [6, 6.07) is 11.9. The van der Waals surface area contributed by atoms with Crippen LogP contribution in [0, 0.1) is 13.8 Å². The van der Waals surface area contributed by atoms with Gasteiger partial charge < -0.3 is 9.84 Å². The lowest BCUT2D eigenvalue weighted by Gasteiger charge is -2.14. The van der Waals surface area contributed by atoms with E-state index < -0.39 is 6.10 Å². The molecule has 0 saturated carbocycles. The van der Waals surface area contributed by atoms with Gasteiger partial charge in [0, 0.05) is 10.9 Å². The molecule has 0 spiro atoms. The van der Waals surface area contributed by atoms with E-state index in [-0.39, 0.29) is 0 Å². The molecule has 3 heteroatoms. The van der Waals surface area contributed by atoms with Crippen LogP contribution in [0.25, 0.3) is 0 Å². The number of methoxy groups -OCH3 is 1. The monoisotopic (exact) mass is 334 g/mol. The van der Waals surface area contributed by atoms with Crippen LogP contribution in [0.4, 0.5) is 0 Å². The zero-order chi connectivity index (χ0) is 14.7. The number of ether oxygens (including phenoxy) is 1. The van der Waals surface area contributed by atoms with E-state index in [2.05, 4.69) is 48.0 Å². The first-order chi connectivity index (χ1) is 9.51. The van der Waals surface area contributed by atoms with Crippen LogP contribution in [0.5, 0.6) is 5.75 Å². The molecule has 1 unspecified atom stereocenters. The fourth-order valence-corrected chi connectivity index (χ4v) is 2.79. The number of aliphatic hydroxyl groups is 1. The molecule has 0 aliphatic carbocycles. The maximum absolute atomic E-state index is 10.4. The summed E-state index contributed by atoms with van der Waals surface area (Å²) in [5.41, 5.74) is 4.55.